The molecule has 0 radical (unpaired) electrons. The van der Waals surface area contributed by atoms with Gasteiger partial charge in [-0.25, -0.2) is 4.68 Å². The summed E-state index contributed by atoms with van der Waals surface area (Å²) in [5, 5.41) is 18.9. The van der Waals surface area contributed by atoms with Gasteiger partial charge >= 0.3 is 0 Å². The Morgan fingerprint density at radius 1 is 1.15 bits per heavy atom. The molecule has 3 aromatic rings. The minimum absolute atomic E-state index is 0.0185. The zero-order valence-corrected chi connectivity index (χ0v) is 14.0. The van der Waals surface area contributed by atoms with E-state index in [1.54, 1.807) is 22.9 Å². The van der Waals surface area contributed by atoms with E-state index in [-0.39, 0.29) is 18.0 Å². The van der Waals surface area contributed by atoms with E-state index in [0.717, 1.165) is 16.9 Å². The third-order valence-electron chi connectivity index (χ3n) is 4.61. The molecule has 0 saturated carbocycles. The van der Waals surface area contributed by atoms with Crippen LogP contribution in [0.15, 0.2) is 54.6 Å². The fourth-order valence-electron chi connectivity index (χ4n) is 3.52. The molecule has 0 spiro atoms. The number of fused-ring (bicyclic) bond motifs is 1. The summed E-state index contributed by atoms with van der Waals surface area (Å²) >= 11 is 0. The van der Waals surface area contributed by atoms with Crippen LogP contribution < -0.4 is 5.32 Å². The quantitative estimate of drug-likeness (QED) is 0.579. The van der Waals surface area contributed by atoms with Gasteiger partial charge in [0.2, 0.25) is 5.91 Å². The molecule has 0 saturated heterocycles. The molecule has 0 fully saturated rings. The highest BCUT2D eigenvalue weighted by Crippen LogP contribution is 2.42. The van der Waals surface area contributed by atoms with Crippen LogP contribution in [-0.4, -0.2) is 20.6 Å². The van der Waals surface area contributed by atoms with E-state index < -0.39 is 10.8 Å². The first kappa shape index (κ1) is 16.0. The number of nitrogens with one attached hydrogen (secondary N) is 1. The Morgan fingerprint density at radius 2 is 1.85 bits per heavy atom. The molecule has 1 unspecified atom stereocenters. The number of hydrogen-bond acceptors (Lipinski definition) is 4. The summed E-state index contributed by atoms with van der Waals surface area (Å²) in [5.74, 6) is -0.0105. The molecule has 0 bridgehead atoms. The predicted octanol–water partition coefficient (Wildman–Crippen LogP) is 3.56. The number of rotatable bonds is 3. The average molecular weight is 348 g/mol. The van der Waals surface area contributed by atoms with Crippen molar-refractivity contribution in [1.29, 1.82) is 0 Å². The maximum absolute atomic E-state index is 12.4. The summed E-state index contributed by atoms with van der Waals surface area (Å²) < 4.78 is 1.68. The molecule has 1 amide bonds. The van der Waals surface area contributed by atoms with E-state index in [4.69, 9.17) is 0 Å². The number of nitrogens with zero attached hydrogens (tertiary/aromatic N) is 3. The summed E-state index contributed by atoms with van der Waals surface area (Å²) in [6.07, 6.45) is 0.152. The molecular formula is C19H16N4O3. The maximum Gasteiger partial charge on any atom is 0.273 e. The highest BCUT2D eigenvalue weighted by molar-refractivity contribution is 5.95. The molecule has 0 aliphatic carbocycles. The lowest BCUT2D eigenvalue weighted by Gasteiger charge is -2.24. The molecule has 4 rings (SSSR count). The van der Waals surface area contributed by atoms with Crippen LogP contribution in [0.25, 0.3) is 5.69 Å². The zero-order valence-electron chi connectivity index (χ0n) is 14.0. The van der Waals surface area contributed by atoms with Crippen LogP contribution in [0.1, 0.15) is 29.2 Å². The second kappa shape index (κ2) is 6.11. The van der Waals surface area contributed by atoms with E-state index in [0.29, 0.717) is 11.4 Å². The predicted molar refractivity (Wildman–Crippen MR) is 96.5 cm³/mol. The Morgan fingerprint density at radius 3 is 2.58 bits per heavy atom. The lowest BCUT2D eigenvalue weighted by atomic mass is 9.85. The number of para-hydroxylation sites is 2. The van der Waals surface area contributed by atoms with Gasteiger partial charge in [-0.3, -0.25) is 14.9 Å². The van der Waals surface area contributed by atoms with Crippen molar-refractivity contribution in [3.05, 3.63) is 81.5 Å². The number of nitro benzene ring substituents is 1. The number of benzene rings is 2. The van der Waals surface area contributed by atoms with Crippen LogP contribution in [0.3, 0.4) is 0 Å². The molecule has 1 N–H and O–H groups in total. The van der Waals surface area contributed by atoms with Crippen molar-refractivity contribution >= 4 is 17.4 Å². The highest BCUT2D eigenvalue weighted by atomic mass is 16.6. The summed E-state index contributed by atoms with van der Waals surface area (Å²) in [5.41, 5.74) is 2.93. The Hall–Kier alpha value is -3.48. The number of nitro groups is 1. The van der Waals surface area contributed by atoms with Gasteiger partial charge in [0.15, 0.2) is 0 Å². The molecule has 26 heavy (non-hydrogen) atoms. The Kier molecular flexibility index (Phi) is 3.76. The lowest BCUT2D eigenvalue weighted by Crippen LogP contribution is -2.25. The van der Waals surface area contributed by atoms with E-state index >= 15 is 0 Å². The van der Waals surface area contributed by atoms with Crippen molar-refractivity contribution in [2.24, 2.45) is 0 Å². The van der Waals surface area contributed by atoms with Crippen LogP contribution in [0, 0.1) is 17.0 Å². The van der Waals surface area contributed by atoms with Crippen molar-refractivity contribution in [2.75, 3.05) is 5.32 Å². The number of aromatic nitrogens is 2. The number of aryl methyl sites for hydroxylation is 1. The van der Waals surface area contributed by atoms with Crippen LogP contribution >= 0.6 is 0 Å². The van der Waals surface area contributed by atoms with E-state index in [2.05, 4.69) is 10.4 Å². The van der Waals surface area contributed by atoms with Gasteiger partial charge in [0.05, 0.1) is 16.3 Å². The zero-order chi connectivity index (χ0) is 18.3. The number of carbonyl (C=O) groups excluding carboxylic acids is 1. The first-order chi connectivity index (χ1) is 12.6. The molecule has 1 aliphatic rings. The van der Waals surface area contributed by atoms with Crippen molar-refractivity contribution < 1.29 is 9.72 Å². The van der Waals surface area contributed by atoms with Gasteiger partial charge in [-0.15, -0.1) is 0 Å². The molecule has 130 valence electrons. The van der Waals surface area contributed by atoms with Crippen LogP contribution in [-0.2, 0) is 4.79 Å². The Balaban J connectivity index is 1.92. The number of amides is 1. The van der Waals surface area contributed by atoms with E-state index in [1.807, 2.05) is 37.3 Å². The molecule has 1 atom stereocenters. The fourth-order valence-corrected chi connectivity index (χ4v) is 3.52. The Labute approximate surface area is 149 Å². The van der Waals surface area contributed by atoms with Crippen LogP contribution in [0.2, 0.25) is 0 Å². The van der Waals surface area contributed by atoms with Gasteiger partial charge in [-0.2, -0.15) is 5.10 Å². The summed E-state index contributed by atoms with van der Waals surface area (Å²) in [7, 11) is 0. The largest absolute Gasteiger partial charge is 0.310 e. The van der Waals surface area contributed by atoms with Crippen LogP contribution in [0.5, 0.6) is 0 Å². The second-order valence-electron chi connectivity index (χ2n) is 6.22. The van der Waals surface area contributed by atoms with Gasteiger partial charge < -0.3 is 5.32 Å². The SMILES string of the molecule is Cc1nn(-c2ccccc2)c2c1C(c1ccccc1[N+](=O)[O-])CC(=O)N2. The Bertz CT molecular complexity index is 1010. The summed E-state index contributed by atoms with van der Waals surface area (Å²) in [4.78, 5) is 23.4. The molecule has 2 aromatic carbocycles. The lowest BCUT2D eigenvalue weighted by molar-refractivity contribution is -0.385. The summed E-state index contributed by atoms with van der Waals surface area (Å²) in [6, 6.07) is 16.0. The first-order valence-corrected chi connectivity index (χ1v) is 8.24. The van der Waals surface area contributed by atoms with Crippen molar-refractivity contribution in [3.63, 3.8) is 0 Å². The maximum atomic E-state index is 12.4. The van der Waals surface area contributed by atoms with Gasteiger partial charge in [0.1, 0.15) is 5.82 Å². The van der Waals surface area contributed by atoms with Crippen molar-refractivity contribution in [1.82, 2.24) is 9.78 Å². The average Bonchev–Trinajstić information content (AvgIpc) is 2.98. The monoisotopic (exact) mass is 348 g/mol. The van der Waals surface area contributed by atoms with E-state index in [1.165, 1.54) is 6.07 Å². The van der Waals surface area contributed by atoms with Crippen molar-refractivity contribution in [3.8, 4) is 5.69 Å². The topological polar surface area (TPSA) is 90.1 Å². The molecule has 2 heterocycles. The number of hydrogen-bond donors (Lipinski definition) is 1. The van der Waals surface area contributed by atoms with E-state index in [9.17, 15) is 14.9 Å². The molecule has 1 aliphatic heterocycles. The molecule has 7 nitrogen and oxygen atoms in total. The third-order valence-corrected chi connectivity index (χ3v) is 4.61. The van der Waals surface area contributed by atoms with Gasteiger partial charge in [-0.1, -0.05) is 36.4 Å². The number of carbonyl (C=O) groups is 1. The normalized spacial score (nSPS) is 16.0. The highest BCUT2D eigenvalue weighted by Gasteiger charge is 2.35. The second-order valence-corrected chi connectivity index (χ2v) is 6.22. The fraction of sp³-hybridized carbons (Fsp3) is 0.158. The molecule has 7 heteroatoms. The molecule has 1 aromatic heterocycles. The number of anilines is 1. The van der Waals surface area contributed by atoms with Crippen LogP contribution in [0.4, 0.5) is 11.5 Å². The third kappa shape index (κ3) is 2.54. The minimum atomic E-state index is -0.405. The smallest absolute Gasteiger partial charge is 0.273 e. The van der Waals surface area contributed by atoms with Gasteiger partial charge in [0, 0.05) is 29.5 Å². The minimum Gasteiger partial charge on any atom is -0.310 e. The van der Waals surface area contributed by atoms with Gasteiger partial charge in [0.25, 0.3) is 5.69 Å². The summed E-state index contributed by atoms with van der Waals surface area (Å²) in [6.45, 7) is 1.86. The standard InChI is InChI=1S/C19H16N4O3/c1-12-18-15(14-9-5-6-10-16(14)23(25)26)11-17(24)20-19(18)22(21-12)13-7-3-2-4-8-13/h2-10,15H,11H2,1H3,(H,20,24). The first-order valence-electron chi connectivity index (χ1n) is 8.24. The van der Waals surface area contributed by atoms with Gasteiger partial charge in [-0.05, 0) is 19.1 Å². The van der Waals surface area contributed by atoms with Crippen molar-refractivity contribution in [2.45, 2.75) is 19.3 Å². The molecular weight excluding hydrogens is 332 g/mol.